The SMILES string of the molecule is CC(CN)C(=O)NCC1CC1(C)C. The third-order valence-electron chi connectivity index (χ3n) is 3.04. The van der Waals surface area contributed by atoms with Gasteiger partial charge in [0.05, 0.1) is 0 Å². The van der Waals surface area contributed by atoms with Crippen molar-refractivity contribution in [3.8, 4) is 0 Å². The van der Waals surface area contributed by atoms with E-state index in [1.807, 2.05) is 6.92 Å². The maximum absolute atomic E-state index is 11.3. The molecule has 0 aromatic carbocycles. The molecule has 0 saturated heterocycles. The highest BCUT2D eigenvalue weighted by atomic mass is 16.1. The smallest absolute Gasteiger partial charge is 0.224 e. The molecule has 3 heteroatoms. The van der Waals surface area contributed by atoms with Crippen molar-refractivity contribution < 1.29 is 4.79 Å². The van der Waals surface area contributed by atoms with E-state index in [1.165, 1.54) is 6.42 Å². The summed E-state index contributed by atoms with van der Waals surface area (Å²) < 4.78 is 0. The normalized spacial score (nSPS) is 26.6. The first-order chi connectivity index (χ1) is 5.97. The van der Waals surface area contributed by atoms with Gasteiger partial charge < -0.3 is 11.1 Å². The lowest BCUT2D eigenvalue weighted by Gasteiger charge is -2.10. The molecule has 1 rings (SSSR count). The number of carbonyl (C=O) groups excluding carboxylic acids is 1. The predicted molar refractivity (Wildman–Crippen MR) is 53.1 cm³/mol. The van der Waals surface area contributed by atoms with Crippen LogP contribution in [0.3, 0.4) is 0 Å². The zero-order valence-electron chi connectivity index (χ0n) is 8.76. The van der Waals surface area contributed by atoms with Gasteiger partial charge in [-0.15, -0.1) is 0 Å². The molecule has 13 heavy (non-hydrogen) atoms. The fraction of sp³-hybridized carbons (Fsp3) is 0.900. The van der Waals surface area contributed by atoms with Crippen molar-refractivity contribution in [1.82, 2.24) is 5.32 Å². The number of carbonyl (C=O) groups is 1. The van der Waals surface area contributed by atoms with Crippen molar-refractivity contribution in [3.63, 3.8) is 0 Å². The first-order valence-corrected chi connectivity index (χ1v) is 4.95. The molecule has 1 aliphatic rings. The average Bonchev–Trinajstić information content (AvgIpc) is 2.68. The second-order valence-electron chi connectivity index (χ2n) is 4.77. The Balaban J connectivity index is 2.17. The van der Waals surface area contributed by atoms with Gasteiger partial charge in [-0.25, -0.2) is 0 Å². The maximum Gasteiger partial charge on any atom is 0.224 e. The number of hydrogen-bond acceptors (Lipinski definition) is 2. The minimum atomic E-state index is -0.0538. The zero-order chi connectivity index (χ0) is 10.1. The molecule has 0 radical (unpaired) electrons. The summed E-state index contributed by atoms with van der Waals surface area (Å²) in [5, 5.41) is 2.93. The second-order valence-corrected chi connectivity index (χ2v) is 4.77. The number of nitrogens with two attached hydrogens (primary N) is 1. The average molecular weight is 184 g/mol. The summed E-state index contributed by atoms with van der Waals surface area (Å²) in [6.07, 6.45) is 1.23. The molecule has 1 fully saturated rings. The minimum absolute atomic E-state index is 0.0538. The summed E-state index contributed by atoms with van der Waals surface area (Å²) in [7, 11) is 0. The van der Waals surface area contributed by atoms with Gasteiger partial charge in [-0.1, -0.05) is 20.8 Å². The van der Waals surface area contributed by atoms with Crippen molar-refractivity contribution >= 4 is 5.91 Å². The Morgan fingerprint density at radius 1 is 1.69 bits per heavy atom. The molecule has 0 aromatic heterocycles. The Morgan fingerprint density at radius 3 is 2.62 bits per heavy atom. The van der Waals surface area contributed by atoms with Gasteiger partial charge in [0.25, 0.3) is 0 Å². The summed E-state index contributed by atoms with van der Waals surface area (Å²) in [4.78, 5) is 11.3. The fourth-order valence-corrected chi connectivity index (χ4v) is 1.43. The Bertz CT molecular complexity index is 201. The lowest BCUT2D eigenvalue weighted by molar-refractivity contribution is -0.124. The van der Waals surface area contributed by atoms with Gasteiger partial charge in [0.15, 0.2) is 0 Å². The van der Waals surface area contributed by atoms with Crippen LogP contribution in [-0.4, -0.2) is 19.0 Å². The summed E-state index contributed by atoms with van der Waals surface area (Å²) in [6, 6.07) is 0. The number of amides is 1. The van der Waals surface area contributed by atoms with Crippen molar-refractivity contribution in [1.29, 1.82) is 0 Å². The van der Waals surface area contributed by atoms with Gasteiger partial charge in [0.2, 0.25) is 5.91 Å². The van der Waals surface area contributed by atoms with Gasteiger partial charge >= 0.3 is 0 Å². The van der Waals surface area contributed by atoms with Crippen LogP contribution in [0.25, 0.3) is 0 Å². The van der Waals surface area contributed by atoms with Gasteiger partial charge in [-0.2, -0.15) is 0 Å². The highest BCUT2D eigenvalue weighted by Gasteiger charge is 2.45. The summed E-state index contributed by atoms with van der Waals surface area (Å²) in [6.45, 7) is 7.57. The van der Waals surface area contributed by atoms with Crippen LogP contribution in [-0.2, 0) is 4.79 Å². The lowest BCUT2D eigenvalue weighted by atomic mass is 10.1. The van der Waals surface area contributed by atoms with Crippen molar-refractivity contribution in [3.05, 3.63) is 0 Å². The monoisotopic (exact) mass is 184 g/mol. The molecule has 0 heterocycles. The van der Waals surface area contributed by atoms with Crippen LogP contribution in [0.15, 0.2) is 0 Å². The molecule has 2 atom stereocenters. The van der Waals surface area contributed by atoms with Crippen LogP contribution in [0, 0.1) is 17.3 Å². The topological polar surface area (TPSA) is 55.1 Å². The largest absolute Gasteiger partial charge is 0.356 e. The Kier molecular flexibility index (Phi) is 2.96. The second kappa shape index (κ2) is 3.66. The predicted octanol–water partition coefficient (Wildman–Crippen LogP) is 0.743. The molecular weight excluding hydrogens is 164 g/mol. The van der Waals surface area contributed by atoms with E-state index in [9.17, 15) is 4.79 Å². The molecule has 0 aliphatic heterocycles. The molecule has 0 spiro atoms. The Morgan fingerprint density at radius 2 is 2.23 bits per heavy atom. The summed E-state index contributed by atoms with van der Waals surface area (Å²) in [5.41, 5.74) is 5.83. The lowest BCUT2D eigenvalue weighted by Crippen LogP contribution is -2.34. The highest BCUT2D eigenvalue weighted by molar-refractivity contribution is 5.78. The molecule has 0 aromatic rings. The van der Waals surface area contributed by atoms with Crippen LogP contribution in [0.2, 0.25) is 0 Å². The van der Waals surface area contributed by atoms with E-state index in [0.29, 0.717) is 17.9 Å². The quantitative estimate of drug-likeness (QED) is 0.677. The van der Waals surface area contributed by atoms with E-state index in [1.54, 1.807) is 0 Å². The fourth-order valence-electron chi connectivity index (χ4n) is 1.43. The van der Waals surface area contributed by atoms with E-state index in [4.69, 9.17) is 5.73 Å². The first-order valence-electron chi connectivity index (χ1n) is 4.95. The number of hydrogen-bond donors (Lipinski definition) is 2. The molecule has 3 N–H and O–H groups in total. The van der Waals surface area contributed by atoms with Gasteiger partial charge in [0.1, 0.15) is 0 Å². The third-order valence-corrected chi connectivity index (χ3v) is 3.04. The molecule has 1 saturated carbocycles. The van der Waals surface area contributed by atoms with E-state index >= 15 is 0 Å². The van der Waals surface area contributed by atoms with Gasteiger partial charge in [-0.3, -0.25) is 4.79 Å². The standard InChI is InChI=1S/C10H20N2O/c1-7(5-11)9(13)12-6-8-4-10(8,2)3/h7-8H,4-6,11H2,1-3H3,(H,12,13). The van der Waals surface area contributed by atoms with Crippen molar-refractivity contribution in [2.75, 3.05) is 13.1 Å². The molecule has 0 bridgehead atoms. The minimum Gasteiger partial charge on any atom is -0.356 e. The Labute approximate surface area is 80.1 Å². The molecular formula is C10H20N2O. The third kappa shape index (κ3) is 2.69. The van der Waals surface area contributed by atoms with Crippen LogP contribution >= 0.6 is 0 Å². The molecule has 3 nitrogen and oxygen atoms in total. The summed E-state index contributed by atoms with van der Waals surface area (Å²) >= 11 is 0. The Hall–Kier alpha value is -0.570. The van der Waals surface area contributed by atoms with Crippen LogP contribution in [0.1, 0.15) is 27.2 Å². The summed E-state index contributed by atoms with van der Waals surface area (Å²) in [5.74, 6) is 0.702. The molecule has 1 aliphatic carbocycles. The molecule has 2 unspecified atom stereocenters. The van der Waals surface area contributed by atoms with Crippen LogP contribution in [0.4, 0.5) is 0 Å². The van der Waals surface area contributed by atoms with Crippen LogP contribution in [0.5, 0.6) is 0 Å². The van der Waals surface area contributed by atoms with E-state index < -0.39 is 0 Å². The van der Waals surface area contributed by atoms with E-state index in [2.05, 4.69) is 19.2 Å². The molecule has 76 valence electrons. The number of nitrogens with one attached hydrogen (secondary N) is 1. The highest BCUT2D eigenvalue weighted by Crippen LogP contribution is 2.50. The van der Waals surface area contributed by atoms with Gasteiger partial charge in [0, 0.05) is 19.0 Å². The van der Waals surface area contributed by atoms with Crippen molar-refractivity contribution in [2.24, 2.45) is 23.0 Å². The zero-order valence-corrected chi connectivity index (χ0v) is 8.76. The maximum atomic E-state index is 11.3. The van der Waals surface area contributed by atoms with E-state index in [0.717, 1.165) is 6.54 Å². The first kappa shape index (κ1) is 10.5. The van der Waals surface area contributed by atoms with Gasteiger partial charge in [-0.05, 0) is 17.8 Å². The molecule has 1 amide bonds. The van der Waals surface area contributed by atoms with Crippen molar-refractivity contribution in [2.45, 2.75) is 27.2 Å². The van der Waals surface area contributed by atoms with Crippen LogP contribution < -0.4 is 11.1 Å². The number of rotatable bonds is 4. The van der Waals surface area contributed by atoms with E-state index in [-0.39, 0.29) is 11.8 Å².